The van der Waals surface area contributed by atoms with E-state index in [0.29, 0.717) is 6.54 Å². The lowest BCUT2D eigenvalue weighted by Crippen LogP contribution is -2.50. The number of likely N-dealkylation sites (N-methyl/N-ethyl adjacent to an activating group) is 1. The molecule has 0 radical (unpaired) electrons. The van der Waals surface area contributed by atoms with Crippen molar-refractivity contribution in [3.05, 3.63) is 33.8 Å². The molecule has 0 bridgehead atoms. The maximum atomic E-state index is 6.12. The van der Waals surface area contributed by atoms with E-state index in [1.54, 1.807) is 0 Å². The van der Waals surface area contributed by atoms with Crippen LogP contribution in [0.1, 0.15) is 5.56 Å². The van der Waals surface area contributed by atoms with Crippen LogP contribution in [0, 0.1) is 0 Å². The van der Waals surface area contributed by atoms with Crippen LogP contribution in [0.15, 0.2) is 18.2 Å². The monoisotopic (exact) mass is 273 g/mol. The maximum absolute atomic E-state index is 6.12. The fourth-order valence-electron chi connectivity index (χ4n) is 1.86. The number of hydrogen-bond donors (Lipinski definition) is 1. The van der Waals surface area contributed by atoms with Crippen LogP contribution in [0.3, 0.4) is 0 Å². The molecule has 1 aliphatic rings. The van der Waals surface area contributed by atoms with Gasteiger partial charge >= 0.3 is 0 Å². The molecular weight excluding hydrogens is 257 g/mol. The van der Waals surface area contributed by atoms with E-state index in [1.165, 1.54) is 0 Å². The van der Waals surface area contributed by atoms with Crippen molar-refractivity contribution in [1.29, 1.82) is 0 Å². The van der Waals surface area contributed by atoms with Crippen molar-refractivity contribution in [2.24, 2.45) is 0 Å². The second-order valence-electron chi connectivity index (χ2n) is 4.33. The number of nitrogens with zero attached hydrogens (tertiary/aromatic N) is 2. The fraction of sp³-hybridized carbons (Fsp3) is 0.500. The summed E-state index contributed by atoms with van der Waals surface area (Å²) in [5.41, 5.74) is 4.35. The predicted molar refractivity (Wildman–Crippen MR) is 72.4 cm³/mol. The first kappa shape index (κ1) is 13.1. The van der Waals surface area contributed by atoms with Gasteiger partial charge in [-0.05, 0) is 19.2 Å². The minimum absolute atomic E-state index is 0.683. The van der Waals surface area contributed by atoms with E-state index in [2.05, 4.69) is 22.4 Å². The largest absolute Gasteiger partial charge is 0.304 e. The number of piperazine rings is 1. The zero-order valence-corrected chi connectivity index (χ0v) is 11.4. The van der Waals surface area contributed by atoms with Gasteiger partial charge in [0.1, 0.15) is 0 Å². The first-order valence-corrected chi connectivity index (χ1v) is 6.52. The second kappa shape index (κ2) is 6.03. The molecule has 0 saturated carbocycles. The third-order valence-corrected chi connectivity index (χ3v) is 3.75. The molecule has 1 aromatic rings. The van der Waals surface area contributed by atoms with Gasteiger partial charge < -0.3 is 4.90 Å². The topological polar surface area (TPSA) is 18.5 Å². The number of nitrogens with one attached hydrogen (secondary N) is 1. The molecule has 0 unspecified atom stereocenters. The summed E-state index contributed by atoms with van der Waals surface area (Å²) < 4.78 is 0. The Kier molecular flexibility index (Phi) is 4.65. The van der Waals surface area contributed by atoms with E-state index < -0.39 is 0 Å². The summed E-state index contributed by atoms with van der Waals surface area (Å²) in [5, 5.41) is 3.66. The van der Waals surface area contributed by atoms with Crippen LogP contribution in [0.2, 0.25) is 10.0 Å². The van der Waals surface area contributed by atoms with Gasteiger partial charge in [-0.25, -0.2) is 5.01 Å². The summed E-state index contributed by atoms with van der Waals surface area (Å²) in [4.78, 5) is 2.32. The zero-order valence-electron chi connectivity index (χ0n) is 9.92. The predicted octanol–water partition coefficient (Wildman–Crippen LogP) is 2.25. The number of hydrogen-bond acceptors (Lipinski definition) is 3. The van der Waals surface area contributed by atoms with Crippen LogP contribution >= 0.6 is 23.2 Å². The molecule has 0 atom stereocenters. The minimum Gasteiger partial charge on any atom is -0.304 e. The van der Waals surface area contributed by atoms with Crippen molar-refractivity contribution in [2.45, 2.75) is 6.54 Å². The molecule has 17 heavy (non-hydrogen) atoms. The molecule has 5 heteroatoms. The first-order valence-electron chi connectivity index (χ1n) is 5.76. The Morgan fingerprint density at radius 2 is 1.71 bits per heavy atom. The molecule has 1 saturated heterocycles. The smallest absolute Gasteiger partial charge is 0.0466 e. The Bertz CT molecular complexity index is 356. The van der Waals surface area contributed by atoms with Crippen LogP contribution in [0.25, 0.3) is 0 Å². The molecule has 3 nitrogen and oxygen atoms in total. The van der Waals surface area contributed by atoms with Gasteiger partial charge in [0.2, 0.25) is 0 Å². The molecular formula is C12H17Cl2N3. The summed E-state index contributed by atoms with van der Waals surface area (Å²) in [6, 6.07) is 5.60. The van der Waals surface area contributed by atoms with Crippen LogP contribution in [0.4, 0.5) is 0 Å². The molecule has 1 aromatic carbocycles. The molecule has 2 rings (SSSR count). The molecule has 1 aliphatic heterocycles. The van der Waals surface area contributed by atoms with E-state index in [9.17, 15) is 0 Å². The highest BCUT2D eigenvalue weighted by atomic mass is 35.5. The van der Waals surface area contributed by atoms with Crippen molar-refractivity contribution < 1.29 is 0 Å². The van der Waals surface area contributed by atoms with Gasteiger partial charge in [-0.15, -0.1) is 0 Å². The molecule has 0 aliphatic carbocycles. The molecule has 94 valence electrons. The summed E-state index contributed by atoms with van der Waals surface area (Å²) >= 11 is 12.2. The van der Waals surface area contributed by atoms with E-state index in [0.717, 1.165) is 41.8 Å². The second-order valence-corrected chi connectivity index (χ2v) is 5.14. The van der Waals surface area contributed by atoms with Gasteiger partial charge in [-0.2, -0.15) is 0 Å². The Morgan fingerprint density at radius 3 is 2.29 bits per heavy atom. The van der Waals surface area contributed by atoms with Gasteiger partial charge in [-0.1, -0.05) is 29.3 Å². The lowest BCUT2D eigenvalue weighted by molar-refractivity contribution is 0.102. The molecule has 1 heterocycles. The highest BCUT2D eigenvalue weighted by Gasteiger charge is 2.14. The summed E-state index contributed by atoms with van der Waals surface area (Å²) in [6.07, 6.45) is 0. The first-order chi connectivity index (χ1) is 8.16. The van der Waals surface area contributed by atoms with Gasteiger partial charge in [0, 0.05) is 48.3 Å². The van der Waals surface area contributed by atoms with Crippen LogP contribution < -0.4 is 5.43 Å². The van der Waals surface area contributed by atoms with Crippen molar-refractivity contribution in [1.82, 2.24) is 15.3 Å². The number of rotatable bonds is 3. The lowest BCUT2D eigenvalue weighted by atomic mass is 10.2. The van der Waals surface area contributed by atoms with E-state index in [1.807, 2.05) is 18.2 Å². The average molecular weight is 274 g/mol. The number of hydrazine groups is 1. The van der Waals surface area contributed by atoms with Crippen molar-refractivity contribution in [3.8, 4) is 0 Å². The maximum Gasteiger partial charge on any atom is 0.0466 e. The van der Waals surface area contributed by atoms with E-state index in [-0.39, 0.29) is 0 Å². The molecule has 1 N–H and O–H groups in total. The lowest BCUT2D eigenvalue weighted by Gasteiger charge is -2.32. The van der Waals surface area contributed by atoms with Crippen LogP contribution in [-0.4, -0.2) is 43.1 Å². The summed E-state index contributed by atoms with van der Waals surface area (Å²) in [7, 11) is 2.14. The number of halogens is 2. The highest BCUT2D eigenvalue weighted by Crippen LogP contribution is 2.23. The van der Waals surface area contributed by atoms with Gasteiger partial charge in [-0.3, -0.25) is 5.43 Å². The van der Waals surface area contributed by atoms with E-state index >= 15 is 0 Å². The quantitative estimate of drug-likeness (QED) is 0.912. The van der Waals surface area contributed by atoms with Crippen molar-refractivity contribution in [2.75, 3.05) is 33.2 Å². The van der Waals surface area contributed by atoms with Gasteiger partial charge in [0.15, 0.2) is 0 Å². The zero-order chi connectivity index (χ0) is 12.3. The van der Waals surface area contributed by atoms with Crippen molar-refractivity contribution >= 4 is 23.2 Å². The van der Waals surface area contributed by atoms with Crippen molar-refractivity contribution in [3.63, 3.8) is 0 Å². The Morgan fingerprint density at radius 1 is 1.12 bits per heavy atom. The Hall–Kier alpha value is -0.320. The summed E-state index contributed by atoms with van der Waals surface area (Å²) in [6.45, 7) is 4.91. The standard InChI is InChI=1S/C12H17Cl2N3/c1-16-5-7-17(8-6-16)15-9-10-11(13)3-2-4-12(10)14/h2-4,15H,5-9H2,1H3. The Balaban J connectivity index is 1.89. The Labute approximate surface area is 112 Å². The third kappa shape index (κ3) is 3.57. The average Bonchev–Trinajstić information content (AvgIpc) is 2.31. The molecule has 0 aromatic heterocycles. The normalized spacial score (nSPS) is 18.5. The highest BCUT2D eigenvalue weighted by molar-refractivity contribution is 6.35. The van der Waals surface area contributed by atoms with Crippen LogP contribution in [-0.2, 0) is 6.54 Å². The van der Waals surface area contributed by atoms with E-state index in [4.69, 9.17) is 23.2 Å². The third-order valence-electron chi connectivity index (χ3n) is 3.04. The fourth-order valence-corrected chi connectivity index (χ4v) is 2.39. The minimum atomic E-state index is 0.683. The molecule has 0 amide bonds. The van der Waals surface area contributed by atoms with Gasteiger partial charge in [0.25, 0.3) is 0 Å². The molecule has 0 spiro atoms. The summed E-state index contributed by atoms with van der Waals surface area (Å²) in [5.74, 6) is 0. The van der Waals surface area contributed by atoms with Gasteiger partial charge in [0.05, 0.1) is 0 Å². The molecule has 1 fully saturated rings. The number of benzene rings is 1. The SMILES string of the molecule is CN1CCN(NCc2c(Cl)cccc2Cl)CC1. The van der Waals surface area contributed by atoms with Crippen LogP contribution in [0.5, 0.6) is 0 Å².